The van der Waals surface area contributed by atoms with Crippen LogP contribution >= 0.6 is 0 Å². The second-order valence-electron chi connectivity index (χ2n) is 6.94. The van der Waals surface area contributed by atoms with Gasteiger partial charge in [-0.1, -0.05) is 30.3 Å². The molecular weight excluding hydrogens is 366 g/mol. The lowest BCUT2D eigenvalue weighted by Gasteiger charge is -2.36. The molecule has 2 aromatic carbocycles. The molecule has 3 rings (SSSR count). The van der Waals surface area contributed by atoms with E-state index in [0.29, 0.717) is 18.5 Å². The molecule has 0 bridgehead atoms. The van der Waals surface area contributed by atoms with Crippen LogP contribution in [0.15, 0.2) is 42.5 Å². The Labute approximate surface area is 162 Å². The van der Waals surface area contributed by atoms with Gasteiger partial charge in [-0.05, 0) is 24.2 Å². The largest absolute Gasteiger partial charge is 0.467 e. The lowest BCUT2D eigenvalue weighted by atomic mass is 9.94. The summed E-state index contributed by atoms with van der Waals surface area (Å²) < 4.78 is 31.8. The summed E-state index contributed by atoms with van der Waals surface area (Å²) in [6.45, 7) is 0.450. The lowest BCUT2D eigenvalue weighted by molar-refractivity contribution is -0.154. The molecule has 1 aliphatic rings. The predicted octanol–water partition coefficient (Wildman–Crippen LogP) is 2.52. The minimum absolute atomic E-state index is 0.00746. The molecule has 0 aromatic heterocycles. The van der Waals surface area contributed by atoms with Crippen LogP contribution in [-0.4, -0.2) is 48.4 Å². The molecule has 1 aliphatic heterocycles. The number of methoxy groups -OCH3 is 1. The quantitative estimate of drug-likeness (QED) is 0.739. The number of nitrogens with zero attached hydrogens (tertiary/aromatic N) is 2. The predicted molar refractivity (Wildman–Crippen MR) is 99.2 cm³/mol. The average Bonchev–Trinajstić information content (AvgIpc) is 2.68. The highest BCUT2D eigenvalue weighted by Crippen LogP contribution is 2.24. The Balaban J connectivity index is 1.73. The summed E-state index contributed by atoms with van der Waals surface area (Å²) in [4.78, 5) is 28.3. The molecule has 0 spiro atoms. The Bertz CT molecular complexity index is 888. The van der Waals surface area contributed by atoms with Crippen molar-refractivity contribution in [2.75, 3.05) is 20.7 Å². The maximum Gasteiger partial charge on any atom is 0.328 e. The molecule has 0 aliphatic carbocycles. The standard InChI is InChI=1S/C21H22F2N2O3/c1-24(11-16-7-8-17(22)10-18(16)23)13-20(26)25-12-15-6-4-3-5-14(15)9-19(25)21(27)28-2/h3-8,10,19H,9,11-13H2,1-2H3. The van der Waals surface area contributed by atoms with Gasteiger partial charge in [0, 0.05) is 31.1 Å². The van der Waals surface area contributed by atoms with E-state index in [1.165, 1.54) is 24.1 Å². The van der Waals surface area contributed by atoms with Crippen molar-refractivity contribution in [1.29, 1.82) is 0 Å². The van der Waals surface area contributed by atoms with Gasteiger partial charge in [0.05, 0.1) is 13.7 Å². The molecule has 0 fully saturated rings. The van der Waals surface area contributed by atoms with Crippen LogP contribution in [0.5, 0.6) is 0 Å². The summed E-state index contributed by atoms with van der Waals surface area (Å²) in [6, 6.07) is 10.3. The fourth-order valence-electron chi connectivity index (χ4n) is 3.45. The molecular formula is C21H22F2N2O3. The number of halogens is 2. The van der Waals surface area contributed by atoms with Crippen LogP contribution in [0.1, 0.15) is 16.7 Å². The number of likely N-dealkylation sites (N-methyl/N-ethyl adjacent to an activating group) is 1. The van der Waals surface area contributed by atoms with Crippen LogP contribution in [0.2, 0.25) is 0 Å². The number of fused-ring (bicyclic) bond motifs is 1. The Kier molecular flexibility index (Phi) is 6.04. The molecule has 148 valence electrons. The third kappa shape index (κ3) is 4.36. The van der Waals surface area contributed by atoms with Crippen molar-refractivity contribution in [1.82, 2.24) is 9.80 Å². The van der Waals surface area contributed by atoms with E-state index in [2.05, 4.69) is 0 Å². The molecule has 2 aromatic rings. The number of benzene rings is 2. The number of carbonyl (C=O) groups is 2. The van der Waals surface area contributed by atoms with E-state index in [1.54, 1.807) is 11.9 Å². The number of ether oxygens (including phenoxy) is 1. The van der Waals surface area contributed by atoms with Gasteiger partial charge in [-0.15, -0.1) is 0 Å². The monoisotopic (exact) mass is 388 g/mol. The topological polar surface area (TPSA) is 49.9 Å². The van der Waals surface area contributed by atoms with E-state index in [1.807, 2.05) is 24.3 Å². The summed E-state index contributed by atoms with van der Waals surface area (Å²) in [5.41, 5.74) is 2.30. The zero-order chi connectivity index (χ0) is 20.3. The number of carbonyl (C=O) groups excluding carboxylic acids is 2. The Hall–Kier alpha value is -2.80. The zero-order valence-corrected chi connectivity index (χ0v) is 15.8. The minimum Gasteiger partial charge on any atom is -0.467 e. The van der Waals surface area contributed by atoms with Gasteiger partial charge in [0.25, 0.3) is 0 Å². The first-order valence-corrected chi connectivity index (χ1v) is 8.95. The van der Waals surface area contributed by atoms with Crippen molar-refractivity contribution in [3.05, 3.63) is 70.8 Å². The summed E-state index contributed by atoms with van der Waals surface area (Å²) in [5.74, 6) is -2.02. The molecule has 7 heteroatoms. The fraction of sp³-hybridized carbons (Fsp3) is 0.333. The maximum absolute atomic E-state index is 13.9. The van der Waals surface area contributed by atoms with Gasteiger partial charge in [-0.3, -0.25) is 9.69 Å². The van der Waals surface area contributed by atoms with E-state index >= 15 is 0 Å². The number of hydrogen-bond acceptors (Lipinski definition) is 4. The Morgan fingerprint density at radius 1 is 1.18 bits per heavy atom. The van der Waals surface area contributed by atoms with Crippen LogP contribution in [0.4, 0.5) is 8.78 Å². The second-order valence-corrected chi connectivity index (χ2v) is 6.94. The van der Waals surface area contributed by atoms with Crippen LogP contribution in [0.25, 0.3) is 0 Å². The molecule has 28 heavy (non-hydrogen) atoms. The van der Waals surface area contributed by atoms with Gasteiger partial charge in [-0.25, -0.2) is 13.6 Å². The number of esters is 1. The van der Waals surface area contributed by atoms with Crippen LogP contribution in [-0.2, 0) is 33.8 Å². The number of rotatable bonds is 5. The molecule has 0 saturated carbocycles. The van der Waals surface area contributed by atoms with Crippen molar-refractivity contribution in [3.8, 4) is 0 Å². The van der Waals surface area contributed by atoms with Gasteiger partial charge in [0.15, 0.2) is 0 Å². The molecule has 5 nitrogen and oxygen atoms in total. The van der Waals surface area contributed by atoms with Gasteiger partial charge in [0.2, 0.25) is 5.91 Å². The third-order valence-corrected chi connectivity index (χ3v) is 4.90. The van der Waals surface area contributed by atoms with Crippen molar-refractivity contribution in [2.45, 2.75) is 25.6 Å². The summed E-state index contributed by atoms with van der Waals surface area (Å²) in [5, 5.41) is 0. The van der Waals surface area contributed by atoms with Crippen LogP contribution in [0.3, 0.4) is 0 Å². The van der Waals surface area contributed by atoms with Crippen molar-refractivity contribution >= 4 is 11.9 Å². The van der Waals surface area contributed by atoms with E-state index in [0.717, 1.165) is 17.2 Å². The smallest absolute Gasteiger partial charge is 0.328 e. The fourth-order valence-corrected chi connectivity index (χ4v) is 3.45. The summed E-state index contributed by atoms with van der Waals surface area (Å²) in [7, 11) is 2.97. The van der Waals surface area contributed by atoms with E-state index in [4.69, 9.17) is 4.74 Å². The SMILES string of the molecule is COC(=O)C1Cc2ccccc2CN1C(=O)CN(C)Cc1ccc(F)cc1F. The first-order chi connectivity index (χ1) is 13.4. The first kappa shape index (κ1) is 19.9. The van der Waals surface area contributed by atoms with E-state index in [-0.39, 0.29) is 19.0 Å². The van der Waals surface area contributed by atoms with E-state index < -0.39 is 23.6 Å². The number of amides is 1. The lowest BCUT2D eigenvalue weighted by Crippen LogP contribution is -2.51. The average molecular weight is 388 g/mol. The second kappa shape index (κ2) is 8.48. The molecule has 1 amide bonds. The van der Waals surface area contributed by atoms with Crippen molar-refractivity contribution in [3.63, 3.8) is 0 Å². The van der Waals surface area contributed by atoms with Crippen molar-refractivity contribution < 1.29 is 23.1 Å². The summed E-state index contributed by atoms with van der Waals surface area (Å²) in [6.07, 6.45) is 0.394. The highest BCUT2D eigenvalue weighted by Gasteiger charge is 2.35. The maximum atomic E-state index is 13.9. The van der Waals surface area contributed by atoms with Crippen LogP contribution < -0.4 is 0 Å². The molecule has 0 saturated heterocycles. The highest BCUT2D eigenvalue weighted by atomic mass is 19.1. The molecule has 0 radical (unpaired) electrons. The molecule has 1 atom stereocenters. The van der Waals surface area contributed by atoms with Crippen LogP contribution in [0, 0.1) is 11.6 Å². The Morgan fingerprint density at radius 2 is 1.89 bits per heavy atom. The Morgan fingerprint density at radius 3 is 2.57 bits per heavy atom. The molecule has 0 N–H and O–H groups in total. The molecule has 1 heterocycles. The highest BCUT2D eigenvalue weighted by molar-refractivity contribution is 5.86. The minimum atomic E-state index is -0.691. The van der Waals surface area contributed by atoms with Gasteiger partial charge < -0.3 is 9.64 Å². The van der Waals surface area contributed by atoms with Gasteiger partial charge in [0.1, 0.15) is 17.7 Å². The normalized spacial score (nSPS) is 16.0. The zero-order valence-electron chi connectivity index (χ0n) is 15.8. The number of hydrogen-bond donors (Lipinski definition) is 0. The summed E-state index contributed by atoms with van der Waals surface area (Å²) >= 11 is 0. The third-order valence-electron chi connectivity index (χ3n) is 4.90. The van der Waals surface area contributed by atoms with Gasteiger partial charge in [-0.2, -0.15) is 0 Å². The first-order valence-electron chi connectivity index (χ1n) is 8.95. The van der Waals surface area contributed by atoms with Crippen molar-refractivity contribution in [2.24, 2.45) is 0 Å². The van der Waals surface area contributed by atoms with Gasteiger partial charge >= 0.3 is 5.97 Å². The molecule has 1 unspecified atom stereocenters. The van der Waals surface area contributed by atoms with E-state index in [9.17, 15) is 18.4 Å².